The third-order valence-corrected chi connectivity index (χ3v) is 8.31. The fourth-order valence-electron chi connectivity index (χ4n) is 4.83. The Kier molecular flexibility index (Phi) is 9.39. The van der Waals surface area contributed by atoms with E-state index < -0.39 is 0 Å². The highest BCUT2D eigenvalue weighted by Crippen LogP contribution is 2.36. The lowest BCUT2D eigenvalue weighted by molar-refractivity contribution is 0.414. The average Bonchev–Trinajstić information content (AvgIpc) is 3.10. The molecule has 0 unspecified atom stereocenters. The Hall–Kier alpha value is -6.15. The molecule has 0 amide bonds. The van der Waals surface area contributed by atoms with Crippen LogP contribution in [0.4, 0.5) is 0 Å². The molecule has 0 fully saturated rings. The van der Waals surface area contributed by atoms with Gasteiger partial charge in [-0.1, -0.05) is 54.2 Å². The average molecular weight is 633 g/mol. The Morgan fingerprint density at radius 2 is 0.851 bits per heavy atom. The fourth-order valence-corrected chi connectivity index (χ4v) is 5.64. The van der Waals surface area contributed by atoms with E-state index in [1.807, 2.05) is 116 Å². The molecular formula is C40H28N2O4S. The van der Waals surface area contributed by atoms with Crippen LogP contribution in [0, 0.1) is 29.6 Å². The molecule has 0 saturated carbocycles. The maximum Gasteiger partial charge on any atom is 0.149 e. The van der Waals surface area contributed by atoms with E-state index in [0.29, 0.717) is 45.6 Å². The minimum absolute atomic E-state index is 0.303. The van der Waals surface area contributed by atoms with Gasteiger partial charge in [-0.05, 0) is 115 Å². The third kappa shape index (κ3) is 7.40. The predicted molar refractivity (Wildman–Crippen MR) is 183 cm³/mol. The van der Waals surface area contributed by atoms with Gasteiger partial charge in [0.2, 0.25) is 0 Å². The molecule has 47 heavy (non-hydrogen) atoms. The molecule has 6 rings (SSSR count). The number of nitrogens with zero attached hydrogens (tertiary/aromatic N) is 2. The molecule has 0 bridgehead atoms. The number of methoxy groups -OCH3 is 1. The van der Waals surface area contributed by atoms with Crippen LogP contribution >= 0.6 is 11.8 Å². The minimum atomic E-state index is 0.303. The van der Waals surface area contributed by atoms with Crippen molar-refractivity contribution >= 4 is 11.8 Å². The Morgan fingerprint density at radius 3 is 1.28 bits per heavy atom. The van der Waals surface area contributed by atoms with Gasteiger partial charge in [-0.15, -0.1) is 0 Å². The molecule has 0 spiro atoms. The van der Waals surface area contributed by atoms with Crippen LogP contribution < -0.4 is 18.9 Å². The molecule has 7 heteroatoms. The molecule has 0 radical (unpaired) electrons. The molecule has 0 atom stereocenters. The predicted octanol–water partition coefficient (Wildman–Crippen LogP) is 10.9. The van der Waals surface area contributed by atoms with Crippen molar-refractivity contribution in [1.82, 2.24) is 0 Å². The van der Waals surface area contributed by atoms with Gasteiger partial charge in [0.1, 0.15) is 57.9 Å². The summed E-state index contributed by atoms with van der Waals surface area (Å²) >= 11 is 1.64. The van der Waals surface area contributed by atoms with Crippen molar-refractivity contribution in [3.05, 3.63) is 150 Å². The summed E-state index contributed by atoms with van der Waals surface area (Å²) < 4.78 is 23.4. The van der Waals surface area contributed by atoms with E-state index in [1.54, 1.807) is 43.1 Å². The van der Waals surface area contributed by atoms with Crippen molar-refractivity contribution in [1.29, 1.82) is 10.5 Å². The number of ether oxygens (including phenoxy) is 4. The van der Waals surface area contributed by atoms with E-state index in [2.05, 4.69) is 12.1 Å². The topological polar surface area (TPSA) is 84.5 Å². The van der Waals surface area contributed by atoms with Crippen molar-refractivity contribution in [2.45, 2.75) is 16.7 Å². The SMILES string of the molecule is COc1ccc(Sc2ccc(Oc3cccc(Oc4ccc(-c5ccc(Oc6cccc(C)c6C#N)cc5)cc4)c3C#N)cc2)cc1. The number of aryl methyl sites for hydroxylation is 1. The van der Waals surface area contributed by atoms with E-state index in [4.69, 9.17) is 18.9 Å². The van der Waals surface area contributed by atoms with Gasteiger partial charge in [-0.2, -0.15) is 10.5 Å². The van der Waals surface area contributed by atoms with Crippen LogP contribution in [0.25, 0.3) is 11.1 Å². The summed E-state index contributed by atoms with van der Waals surface area (Å²) in [7, 11) is 1.65. The van der Waals surface area contributed by atoms with Crippen LogP contribution in [0.15, 0.2) is 143 Å². The number of hydrogen-bond donors (Lipinski definition) is 0. The summed E-state index contributed by atoms with van der Waals surface area (Å²) in [6.45, 7) is 1.89. The molecule has 0 N–H and O–H groups in total. The lowest BCUT2D eigenvalue weighted by Crippen LogP contribution is -1.93. The zero-order valence-corrected chi connectivity index (χ0v) is 26.5. The first-order chi connectivity index (χ1) is 23.0. The maximum atomic E-state index is 10.0. The molecule has 0 saturated heterocycles. The normalized spacial score (nSPS) is 10.4. The van der Waals surface area contributed by atoms with Crippen LogP contribution in [0.1, 0.15) is 16.7 Å². The molecule has 6 aromatic rings. The second-order valence-electron chi connectivity index (χ2n) is 10.4. The van der Waals surface area contributed by atoms with Crippen molar-refractivity contribution in [3.8, 4) is 63.5 Å². The van der Waals surface area contributed by atoms with Gasteiger partial charge in [-0.25, -0.2) is 0 Å². The lowest BCUT2D eigenvalue weighted by Gasteiger charge is -2.13. The van der Waals surface area contributed by atoms with Gasteiger partial charge in [0.15, 0.2) is 0 Å². The zero-order valence-electron chi connectivity index (χ0n) is 25.6. The maximum absolute atomic E-state index is 10.0. The first kappa shape index (κ1) is 30.9. The summed E-state index contributed by atoms with van der Waals surface area (Å²) in [5.74, 6) is 4.01. The highest BCUT2D eigenvalue weighted by Gasteiger charge is 2.13. The van der Waals surface area contributed by atoms with E-state index >= 15 is 0 Å². The third-order valence-electron chi connectivity index (χ3n) is 7.29. The molecule has 0 aromatic heterocycles. The second kappa shape index (κ2) is 14.3. The first-order valence-electron chi connectivity index (χ1n) is 14.7. The summed E-state index contributed by atoms with van der Waals surface area (Å²) in [6.07, 6.45) is 0. The van der Waals surface area contributed by atoms with Gasteiger partial charge in [0, 0.05) is 9.79 Å². The Bertz CT molecular complexity index is 2080. The standard InChI is InChI=1S/C40H28N2O4S/c1-27-5-3-6-38(36(27)25-41)44-31-13-9-28(10-14-31)29-11-15-32(16-12-29)45-39-7-4-8-40(37(39)26-42)46-33-19-23-35(24-20-33)47-34-21-17-30(43-2)18-22-34/h3-24H,1-2H3. The molecule has 0 aliphatic rings. The zero-order chi connectivity index (χ0) is 32.6. The van der Waals surface area contributed by atoms with Gasteiger partial charge in [0.25, 0.3) is 0 Å². The van der Waals surface area contributed by atoms with Gasteiger partial charge < -0.3 is 18.9 Å². The molecule has 228 valence electrons. The number of benzene rings is 6. The first-order valence-corrected chi connectivity index (χ1v) is 15.5. The highest BCUT2D eigenvalue weighted by atomic mass is 32.2. The lowest BCUT2D eigenvalue weighted by atomic mass is 10.1. The number of nitriles is 2. The molecule has 0 aliphatic carbocycles. The highest BCUT2D eigenvalue weighted by molar-refractivity contribution is 7.99. The molecule has 0 aliphatic heterocycles. The second-order valence-corrected chi connectivity index (χ2v) is 11.6. The van der Waals surface area contributed by atoms with E-state index in [1.165, 1.54) is 0 Å². The molecule has 0 heterocycles. The van der Waals surface area contributed by atoms with E-state index in [9.17, 15) is 10.5 Å². The molecular weight excluding hydrogens is 605 g/mol. The van der Waals surface area contributed by atoms with Crippen molar-refractivity contribution in [3.63, 3.8) is 0 Å². The van der Waals surface area contributed by atoms with Crippen LogP contribution in [-0.2, 0) is 0 Å². The molecule has 6 aromatic carbocycles. The summed E-state index contributed by atoms with van der Waals surface area (Å²) in [6, 6.07) is 46.2. The Labute approximate surface area is 278 Å². The largest absolute Gasteiger partial charge is 0.497 e. The fraction of sp³-hybridized carbons (Fsp3) is 0.0500. The van der Waals surface area contributed by atoms with Crippen molar-refractivity contribution in [2.75, 3.05) is 7.11 Å². The van der Waals surface area contributed by atoms with Crippen LogP contribution in [0.3, 0.4) is 0 Å². The van der Waals surface area contributed by atoms with E-state index in [-0.39, 0.29) is 0 Å². The number of hydrogen-bond acceptors (Lipinski definition) is 7. The van der Waals surface area contributed by atoms with Gasteiger partial charge in [0.05, 0.1) is 12.7 Å². The Balaban J connectivity index is 1.11. The smallest absolute Gasteiger partial charge is 0.149 e. The number of rotatable bonds is 10. The minimum Gasteiger partial charge on any atom is -0.497 e. The van der Waals surface area contributed by atoms with Crippen LogP contribution in [0.2, 0.25) is 0 Å². The van der Waals surface area contributed by atoms with E-state index in [0.717, 1.165) is 32.2 Å². The van der Waals surface area contributed by atoms with Crippen LogP contribution in [-0.4, -0.2) is 7.11 Å². The van der Waals surface area contributed by atoms with Crippen molar-refractivity contribution < 1.29 is 18.9 Å². The monoisotopic (exact) mass is 632 g/mol. The molecule has 6 nitrogen and oxygen atoms in total. The summed E-state index contributed by atoms with van der Waals surface area (Å²) in [5, 5.41) is 19.5. The summed E-state index contributed by atoms with van der Waals surface area (Å²) in [5.41, 5.74) is 3.69. The van der Waals surface area contributed by atoms with Crippen LogP contribution in [0.5, 0.6) is 40.2 Å². The summed E-state index contributed by atoms with van der Waals surface area (Å²) in [4.78, 5) is 2.16. The van der Waals surface area contributed by atoms with Crippen molar-refractivity contribution in [2.24, 2.45) is 0 Å². The Morgan fingerprint density at radius 1 is 0.468 bits per heavy atom. The van der Waals surface area contributed by atoms with Gasteiger partial charge in [-0.3, -0.25) is 0 Å². The quantitative estimate of drug-likeness (QED) is 0.148. The van der Waals surface area contributed by atoms with Gasteiger partial charge >= 0.3 is 0 Å².